The number of carbonyl (C=O) groups is 1. The van der Waals surface area contributed by atoms with E-state index in [1.54, 1.807) is 42.5 Å². The fourth-order valence-corrected chi connectivity index (χ4v) is 3.93. The Bertz CT molecular complexity index is 1190. The molecule has 2 aromatic carbocycles. The standard InChI is InChI=1S/C22H19ClN4O3S/c1-13-21(15-3-7-17(23)8-4-15)26-20(31-13)11-24-22(28)16-5-9-18(10-6-16)29-12-19-25-14(2)30-27-19/h3-10H,11-12H2,1-2H3,(H,24,28). The van der Waals surface area contributed by atoms with Crippen molar-refractivity contribution in [3.8, 4) is 17.0 Å². The Morgan fingerprint density at radius 3 is 2.52 bits per heavy atom. The summed E-state index contributed by atoms with van der Waals surface area (Å²) in [6.45, 7) is 4.28. The second-order valence-corrected chi connectivity index (χ2v) is 8.47. The minimum atomic E-state index is -0.179. The van der Waals surface area contributed by atoms with E-state index < -0.39 is 0 Å². The number of carbonyl (C=O) groups excluding carboxylic acids is 1. The summed E-state index contributed by atoms with van der Waals surface area (Å²) in [6.07, 6.45) is 0. The summed E-state index contributed by atoms with van der Waals surface area (Å²) in [5, 5.41) is 8.21. The van der Waals surface area contributed by atoms with E-state index in [0.717, 1.165) is 21.1 Å². The summed E-state index contributed by atoms with van der Waals surface area (Å²) in [7, 11) is 0. The topological polar surface area (TPSA) is 90.1 Å². The fraction of sp³-hybridized carbons (Fsp3) is 0.182. The molecule has 0 aliphatic carbocycles. The van der Waals surface area contributed by atoms with Gasteiger partial charge in [-0.1, -0.05) is 28.9 Å². The Morgan fingerprint density at radius 1 is 1.10 bits per heavy atom. The molecule has 0 bridgehead atoms. The molecule has 31 heavy (non-hydrogen) atoms. The number of thiazole rings is 1. The number of rotatable bonds is 7. The highest BCUT2D eigenvalue weighted by Gasteiger charge is 2.12. The van der Waals surface area contributed by atoms with Crippen molar-refractivity contribution < 1.29 is 14.1 Å². The summed E-state index contributed by atoms with van der Waals surface area (Å²) in [6, 6.07) is 14.4. The average Bonchev–Trinajstić information content (AvgIpc) is 3.36. The van der Waals surface area contributed by atoms with Gasteiger partial charge in [-0.15, -0.1) is 11.3 Å². The van der Waals surface area contributed by atoms with E-state index in [1.165, 1.54) is 0 Å². The number of amides is 1. The van der Waals surface area contributed by atoms with Gasteiger partial charge in [-0.05, 0) is 43.3 Å². The van der Waals surface area contributed by atoms with Crippen LogP contribution in [-0.4, -0.2) is 21.0 Å². The van der Waals surface area contributed by atoms with Crippen molar-refractivity contribution >= 4 is 28.8 Å². The predicted octanol–water partition coefficient (Wildman–Crippen LogP) is 4.97. The number of hydrogen-bond donors (Lipinski definition) is 1. The lowest BCUT2D eigenvalue weighted by Gasteiger charge is -2.06. The van der Waals surface area contributed by atoms with Gasteiger partial charge in [-0.2, -0.15) is 4.98 Å². The quantitative estimate of drug-likeness (QED) is 0.424. The molecule has 4 rings (SSSR count). The molecule has 0 atom stereocenters. The molecule has 158 valence electrons. The van der Waals surface area contributed by atoms with Gasteiger partial charge in [0.2, 0.25) is 11.7 Å². The molecule has 0 radical (unpaired) electrons. The number of aryl methyl sites for hydroxylation is 2. The van der Waals surface area contributed by atoms with E-state index >= 15 is 0 Å². The van der Waals surface area contributed by atoms with E-state index in [4.69, 9.17) is 20.9 Å². The Hall–Kier alpha value is -3.23. The second kappa shape index (κ2) is 9.28. The van der Waals surface area contributed by atoms with Crippen molar-refractivity contribution in [1.29, 1.82) is 0 Å². The number of ether oxygens (including phenoxy) is 1. The maximum atomic E-state index is 12.5. The molecule has 2 heterocycles. The summed E-state index contributed by atoms with van der Waals surface area (Å²) in [5.41, 5.74) is 2.44. The number of aromatic nitrogens is 3. The van der Waals surface area contributed by atoms with Crippen LogP contribution in [-0.2, 0) is 13.2 Å². The molecule has 7 nitrogen and oxygen atoms in total. The molecular weight excluding hydrogens is 436 g/mol. The first-order valence-electron chi connectivity index (χ1n) is 9.50. The lowest BCUT2D eigenvalue weighted by Crippen LogP contribution is -2.22. The number of hydrogen-bond acceptors (Lipinski definition) is 7. The van der Waals surface area contributed by atoms with Crippen LogP contribution in [0.25, 0.3) is 11.3 Å². The van der Waals surface area contributed by atoms with Crippen LogP contribution in [0.15, 0.2) is 53.1 Å². The first kappa shape index (κ1) is 21.0. The molecule has 4 aromatic rings. The van der Waals surface area contributed by atoms with Crippen molar-refractivity contribution in [1.82, 2.24) is 20.4 Å². The molecular formula is C22H19ClN4O3S. The number of nitrogens with zero attached hydrogens (tertiary/aromatic N) is 3. The van der Waals surface area contributed by atoms with Crippen molar-refractivity contribution in [2.45, 2.75) is 27.0 Å². The van der Waals surface area contributed by atoms with Crippen LogP contribution in [0.4, 0.5) is 0 Å². The monoisotopic (exact) mass is 454 g/mol. The van der Waals surface area contributed by atoms with Crippen molar-refractivity contribution in [3.63, 3.8) is 0 Å². The normalized spacial score (nSPS) is 10.8. The Morgan fingerprint density at radius 2 is 1.84 bits per heavy atom. The average molecular weight is 455 g/mol. The maximum Gasteiger partial charge on any atom is 0.251 e. The zero-order valence-electron chi connectivity index (χ0n) is 16.9. The van der Waals surface area contributed by atoms with Crippen LogP contribution in [0.2, 0.25) is 5.02 Å². The van der Waals surface area contributed by atoms with Crippen molar-refractivity contribution in [2.75, 3.05) is 0 Å². The molecule has 0 saturated heterocycles. The molecule has 0 fully saturated rings. The minimum absolute atomic E-state index is 0.179. The summed E-state index contributed by atoms with van der Waals surface area (Å²) in [5.74, 6) is 1.39. The van der Waals surface area contributed by atoms with Gasteiger partial charge in [0.25, 0.3) is 5.91 Å². The molecule has 1 N–H and O–H groups in total. The van der Waals surface area contributed by atoms with Gasteiger partial charge in [0.1, 0.15) is 10.8 Å². The van der Waals surface area contributed by atoms with Gasteiger partial charge < -0.3 is 14.6 Å². The highest BCUT2D eigenvalue weighted by atomic mass is 35.5. The minimum Gasteiger partial charge on any atom is -0.485 e. The summed E-state index contributed by atoms with van der Waals surface area (Å²) in [4.78, 5) is 22.3. The molecule has 0 spiro atoms. The first-order chi connectivity index (χ1) is 15.0. The highest BCUT2D eigenvalue weighted by molar-refractivity contribution is 7.12. The largest absolute Gasteiger partial charge is 0.485 e. The maximum absolute atomic E-state index is 12.5. The van der Waals surface area contributed by atoms with E-state index in [2.05, 4.69) is 20.4 Å². The van der Waals surface area contributed by atoms with Gasteiger partial charge >= 0.3 is 0 Å². The zero-order valence-corrected chi connectivity index (χ0v) is 18.5. The molecule has 0 saturated carbocycles. The molecule has 9 heteroatoms. The third kappa shape index (κ3) is 5.28. The number of nitrogens with one attached hydrogen (secondary N) is 1. The van der Waals surface area contributed by atoms with E-state index in [1.807, 2.05) is 31.2 Å². The van der Waals surface area contributed by atoms with Gasteiger partial charge in [-0.25, -0.2) is 4.98 Å². The second-order valence-electron chi connectivity index (χ2n) is 6.74. The van der Waals surface area contributed by atoms with Crippen LogP contribution < -0.4 is 10.1 Å². The Kier molecular flexibility index (Phi) is 6.29. The van der Waals surface area contributed by atoms with E-state index in [-0.39, 0.29) is 12.5 Å². The van der Waals surface area contributed by atoms with Crippen molar-refractivity contribution in [2.24, 2.45) is 0 Å². The molecule has 2 aromatic heterocycles. The fourth-order valence-electron chi connectivity index (χ4n) is 2.91. The third-order valence-electron chi connectivity index (χ3n) is 4.41. The van der Waals surface area contributed by atoms with Crippen molar-refractivity contribution in [3.05, 3.63) is 80.7 Å². The van der Waals surface area contributed by atoms with Gasteiger partial charge in [0, 0.05) is 28.0 Å². The van der Waals surface area contributed by atoms with Gasteiger partial charge in [0.05, 0.1) is 12.2 Å². The molecule has 0 aliphatic rings. The van der Waals surface area contributed by atoms with Crippen LogP contribution in [0.3, 0.4) is 0 Å². The molecule has 0 aliphatic heterocycles. The van der Waals surface area contributed by atoms with Crippen LogP contribution in [0.1, 0.15) is 32.0 Å². The Balaban J connectivity index is 1.33. The van der Waals surface area contributed by atoms with E-state index in [0.29, 0.717) is 34.6 Å². The number of benzene rings is 2. The van der Waals surface area contributed by atoms with Gasteiger partial charge in [-0.3, -0.25) is 4.79 Å². The van der Waals surface area contributed by atoms with Crippen LogP contribution in [0.5, 0.6) is 5.75 Å². The van der Waals surface area contributed by atoms with Crippen LogP contribution in [0, 0.1) is 13.8 Å². The zero-order chi connectivity index (χ0) is 21.8. The summed E-state index contributed by atoms with van der Waals surface area (Å²) < 4.78 is 10.5. The molecule has 1 amide bonds. The lowest BCUT2D eigenvalue weighted by atomic mass is 10.1. The predicted molar refractivity (Wildman–Crippen MR) is 118 cm³/mol. The van der Waals surface area contributed by atoms with E-state index in [9.17, 15) is 4.79 Å². The lowest BCUT2D eigenvalue weighted by molar-refractivity contribution is 0.0951. The highest BCUT2D eigenvalue weighted by Crippen LogP contribution is 2.28. The Labute approximate surface area is 188 Å². The third-order valence-corrected chi connectivity index (χ3v) is 5.64. The van der Waals surface area contributed by atoms with Crippen LogP contribution >= 0.6 is 22.9 Å². The first-order valence-corrected chi connectivity index (χ1v) is 10.7. The van der Waals surface area contributed by atoms with Gasteiger partial charge in [0.15, 0.2) is 6.61 Å². The smallest absolute Gasteiger partial charge is 0.251 e. The number of halogens is 1. The SMILES string of the molecule is Cc1nc(COc2ccc(C(=O)NCc3nc(-c4ccc(Cl)cc4)c(C)s3)cc2)no1. The molecule has 0 unspecified atom stereocenters. The summed E-state index contributed by atoms with van der Waals surface area (Å²) >= 11 is 7.52.